The van der Waals surface area contributed by atoms with Gasteiger partial charge in [0.15, 0.2) is 0 Å². The van der Waals surface area contributed by atoms with Crippen LogP contribution in [0.2, 0.25) is 0 Å². The normalized spacial score (nSPS) is 19.6. The summed E-state index contributed by atoms with van der Waals surface area (Å²) in [6, 6.07) is 9.73. The molecule has 0 saturated carbocycles. The van der Waals surface area contributed by atoms with Crippen molar-refractivity contribution in [1.82, 2.24) is 14.5 Å². The molecule has 2 aliphatic heterocycles. The Kier molecular flexibility index (Phi) is 6.42. The summed E-state index contributed by atoms with van der Waals surface area (Å²) < 4.78 is 7.87. The topological polar surface area (TPSA) is 100 Å². The van der Waals surface area contributed by atoms with E-state index in [0.29, 0.717) is 29.3 Å². The highest BCUT2D eigenvalue weighted by molar-refractivity contribution is 7.17. The molecular weight excluding hydrogens is 436 g/mol. The van der Waals surface area contributed by atoms with Crippen LogP contribution in [0, 0.1) is 11.3 Å². The van der Waals surface area contributed by atoms with Crippen LogP contribution in [-0.2, 0) is 17.8 Å². The third kappa shape index (κ3) is 4.52. The highest BCUT2D eigenvalue weighted by atomic mass is 32.1. The molecule has 2 fully saturated rings. The van der Waals surface area contributed by atoms with Crippen LogP contribution in [0.4, 0.5) is 5.95 Å². The predicted molar refractivity (Wildman–Crippen MR) is 130 cm³/mol. The Morgan fingerprint density at radius 1 is 1.18 bits per heavy atom. The molecule has 0 amide bonds. The van der Waals surface area contributed by atoms with Crippen LogP contribution in [0.15, 0.2) is 34.4 Å². The smallest absolute Gasteiger partial charge is 0.273 e. The summed E-state index contributed by atoms with van der Waals surface area (Å²) in [7, 11) is 0. The van der Waals surface area contributed by atoms with Crippen molar-refractivity contribution in [2.75, 3.05) is 44.3 Å². The van der Waals surface area contributed by atoms with Gasteiger partial charge in [-0.3, -0.25) is 14.3 Å². The standard InChI is InChI=1S/C24H28N6O2S/c25-12-17-4-1-2-5-18(17)14-30-23(31)22-21(27-24(30)29-7-3-6-20(26)15-29)19(16-33-22)13-28-8-10-32-11-9-28/h1-2,4-5,16,20H,3,6-11,13-15,26H2/t20-/m1/s1. The molecule has 172 valence electrons. The number of piperidine rings is 1. The summed E-state index contributed by atoms with van der Waals surface area (Å²) in [6.07, 6.45) is 1.94. The van der Waals surface area contributed by atoms with Gasteiger partial charge in [-0.25, -0.2) is 4.98 Å². The van der Waals surface area contributed by atoms with Gasteiger partial charge < -0.3 is 15.4 Å². The van der Waals surface area contributed by atoms with Crippen LogP contribution < -0.4 is 16.2 Å². The Hall–Kier alpha value is -2.77. The minimum Gasteiger partial charge on any atom is -0.379 e. The second-order valence-corrected chi connectivity index (χ2v) is 9.63. The molecule has 1 atom stereocenters. The van der Waals surface area contributed by atoms with E-state index in [2.05, 4.69) is 21.2 Å². The number of nitriles is 1. The number of rotatable bonds is 5. The molecule has 2 saturated heterocycles. The van der Waals surface area contributed by atoms with Crippen LogP contribution in [-0.4, -0.2) is 59.9 Å². The summed E-state index contributed by atoms with van der Waals surface area (Å²) in [5.41, 5.74) is 9.48. The van der Waals surface area contributed by atoms with E-state index in [1.54, 1.807) is 10.6 Å². The lowest BCUT2D eigenvalue weighted by Crippen LogP contribution is -2.45. The average molecular weight is 465 g/mol. The minimum atomic E-state index is -0.0554. The number of nitrogens with two attached hydrogens (primary N) is 1. The van der Waals surface area contributed by atoms with Gasteiger partial charge in [-0.05, 0) is 29.9 Å². The zero-order valence-corrected chi connectivity index (χ0v) is 19.4. The number of benzene rings is 1. The molecule has 2 aromatic heterocycles. The van der Waals surface area contributed by atoms with Crippen LogP contribution in [0.3, 0.4) is 0 Å². The van der Waals surface area contributed by atoms with E-state index in [4.69, 9.17) is 15.5 Å². The van der Waals surface area contributed by atoms with Crippen molar-refractivity contribution in [1.29, 1.82) is 5.26 Å². The summed E-state index contributed by atoms with van der Waals surface area (Å²) in [5.74, 6) is 0.650. The highest BCUT2D eigenvalue weighted by Crippen LogP contribution is 2.27. The lowest BCUT2D eigenvalue weighted by Gasteiger charge is -2.33. The van der Waals surface area contributed by atoms with Gasteiger partial charge in [-0.1, -0.05) is 18.2 Å². The fraction of sp³-hybridized carbons (Fsp3) is 0.458. The van der Waals surface area contributed by atoms with Gasteiger partial charge in [-0.15, -0.1) is 11.3 Å². The molecule has 0 aliphatic carbocycles. The number of morpholine rings is 1. The van der Waals surface area contributed by atoms with Gasteiger partial charge in [0.25, 0.3) is 5.56 Å². The average Bonchev–Trinajstić information content (AvgIpc) is 3.24. The van der Waals surface area contributed by atoms with Crippen LogP contribution in [0.1, 0.15) is 29.5 Å². The Morgan fingerprint density at radius 2 is 2.00 bits per heavy atom. The van der Waals surface area contributed by atoms with Crippen molar-refractivity contribution in [2.24, 2.45) is 5.73 Å². The van der Waals surface area contributed by atoms with Crippen LogP contribution in [0.25, 0.3) is 10.2 Å². The quantitative estimate of drug-likeness (QED) is 0.617. The minimum absolute atomic E-state index is 0.0554. The fourth-order valence-electron chi connectivity index (χ4n) is 4.66. The van der Waals surface area contributed by atoms with E-state index >= 15 is 0 Å². The van der Waals surface area contributed by atoms with Gasteiger partial charge in [-0.2, -0.15) is 5.26 Å². The van der Waals surface area contributed by atoms with Gasteiger partial charge >= 0.3 is 0 Å². The molecule has 0 radical (unpaired) electrons. The molecule has 0 bridgehead atoms. The molecular formula is C24H28N6O2S. The van der Waals surface area contributed by atoms with Crippen molar-refractivity contribution < 1.29 is 4.74 Å². The monoisotopic (exact) mass is 464 g/mol. The Balaban J connectivity index is 1.60. The first-order valence-corrected chi connectivity index (χ1v) is 12.3. The molecule has 5 rings (SSSR count). The van der Waals surface area contributed by atoms with Gasteiger partial charge in [0.1, 0.15) is 4.70 Å². The zero-order chi connectivity index (χ0) is 22.8. The zero-order valence-electron chi connectivity index (χ0n) is 18.6. The fourth-order valence-corrected chi connectivity index (χ4v) is 5.61. The molecule has 3 aromatic rings. The number of hydrogen-bond acceptors (Lipinski definition) is 8. The maximum atomic E-state index is 13.7. The SMILES string of the molecule is N#Cc1ccccc1Cn1c(N2CCC[C@@H](N)C2)nc2c(CN3CCOCC3)csc2c1=O. The number of nitrogens with zero attached hydrogens (tertiary/aromatic N) is 5. The molecule has 1 aromatic carbocycles. The lowest BCUT2D eigenvalue weighted by atomic mass is 10.1. The molecule has 4 heterocycles. The molecule has 0 unspecified atom stereocenters. The number of aromatic nitrogens is 2. The van der Waals surface area contributed by atoms with E-state index < -0.39 is 0 Å². The van der Waals surface area contributed by atoms with Crippen molar-refractivity contribution in [3.05, 3.63) is 56.7 Å². The maximum Gasteiger partial charge on any atom is 0.273 e. The Bertz CT molecular complexity index is 1240. The Morgan fingerprint density at radius 3 is 2.79 bits per heavy atom. The number of hydrogen-bond donors (Lipinski definition) is 1. The van der Waals surface area contributed by atoms with Gasteiger partial charge in [0, 0.05) is 44.3 Å². The third-order valence-electron chi connectivity index (χ3n) is 6.44. The lowest BCUT2D eigenvalue weighted by molar-refractivity contribution is 0.0344. The van der Waals surface area contributed by atoms with Crippen molar-refractivity contribution in [2.45, 2.75) is 32.0 Å². The third-order valence-corrected chi connectivity index (χ3v) is 7.44. The first-order valence-electron chi connectivity index (χ1n) is 11.4. The van der Waals surface area contributed by atoms with E-state index in [-0.39, 0.29) is 11.6 Å². The molecule has 0 spiro atoms. The van der Waals surface area contributed by atoms with Gasteiger partial charge in [0.05, 0.1) is 36.9 Å². The number of fused-ring (bicyclic) bond motifs is 1. The second-order valence-electron chi connectivity index (χ2n) is 8.75. The van der Waals surface area contributed by atoms with E-state index in [1.807, 2.05) is 18.2 Å². The van der Waals surface area contributed by atoms with Crippen molar-refractivity contribution >= 4 is 27.5 Å². The second kappa shape index (κ2) is 9.61. The van der Waals surface area contributed by atoms with Crippen molar-refractivity contribution in [3.63, 3.8) is 0 Å². The maximum absolute atomic E-state index is 13.7. The summed E-state index contributed by atoms with van der Waals surface area (Å²) in [4.78, 5) is 23.3. The predicted octanol–water partition coefficient (Wildman–Crippen LogP) is 2.14. The molecule has 9 heteroatoms. The first-order chi connectivity index (χ1) is 16.1. The summed E-state index contributed by atoms with van der Waals surface area (Å²) in [6.45, 7) is 5.78. The molecule has 33 heavy (non-hydrogen) atoms. The highest BCUT2D eigenvalue weighted by Gasteiger charge is 2.25. The largest absolute Gasteiger partial charge is 0.379 e. The van der Waals surface area contributed by atoms with E-state index in [0.717, 1.165) is 68.9 Å². The van der Waals surface area contributed by atoms with Gasteiger partial charge in [0.2, 0.25) is 5.95 Å². The van der Waals surface area contributed by atoms with E-state index in [9.17, 15) is 10.1 Å². The number of ether oxygens (including phenoxy) is 1. The van der Waals surface area contributed by atoms with E-state index in [1.165, 1.54) is 11.3 Å². The molecule has 2 aliphatic rings. The summed E-state index contributed by atoms with van der Waals surface area (Å²) in [5, 5.41) is 11.6. The Labute approximate surface area is 196 Å². The molecule has 8 nitrogen and oxygen atoms in total. The van der Waals surface area contributed by atoms with Crippen LogP contribution >= 0.6 is 11.3 Å². The first kappa shape index (κ1) is 22.0. The van der Waals surface area contributed by atoms with Crippen molar-refractivity contribution in [3.8, 4) is 6.07 Å². The van der Waals surface area contributed by atoms with Crippen LogP contribution in [0.5, 0.6) is 0 Å². The number of anilines is 1. The number of thiophene rings is 1. The summed E-state index contributed by atoms with van der Waals surface area (Å²) >= 11 is 1.46. The molecule has 2 N–H and O–H groups in total.